The molecule has 45 heavy (non-hydrogen) atoms. The molecule has 0 spiro atoms. The fourth-order valence-electron chi connectivity index (χ4n) is 2.96. The number of halogens is 6. The van der Waals surface area contributed by atoms with E-state index in [1.807, 2.05) is 0 Å². The first kappa shape index (κ1) is 69.5. The highest BCUT2D eigenvalue weighted by Crippen LogP contribution is 2.56. The molecule has 2 nitrogen and oxygen atoms in total. The molecule has 0 saturated carbocycles. The monoisotopic (exact) mass is 667 g/mol. The number of hydrogen-bond acceptors (Lipinski definition) is 2. The molecule has 0 atom stereocenters. The predicted octanol–water partition coefficient (Wildman–Crippen LogP) is 14.9. The second kappa shape index (κ2) is 33.2. The summed E-state index contributed by atoms with van der Waals surface area (Å²) in [4.78, 5) is 0. The van der Waals surface area contributed by atoms with E-state index < -0.39 is 28.9 Å². The number of hydrogen-bond donors (Lipinski definition) is 0. The van der Waals surface area contributed by atoms with Gasteiger partial charge in [-0.15, -0.1) is 0 Å². The Labute approximate surface area is 278 Å². The van der Waals surface area contributed by atoms with Gasteiger partial charge in [0.05, 0.1) is 7.11 Å². The average Bonchev–Trinajstić information content (AvgIpc) is 2.74. The van der Waals surface area contributed by atoms with Gasteiger partial charge in [0.1, 0.15) is 5.75 Å². The average molecular weight is 667 g/mol. The molecule has 0 aromatic heterocycles. The smallest absolute Gasteiger partial charge is 0.411 e. The Kier molecular flexibility index (Phi) is 51.2. The molecular weight excluding hydrogens is 590 g/mol. The van der Waals surface area contributed by atoms with Crippen molar-refractivity contribution < 1.29 is 35.8 Å². The van der Waals surface area contributed by atoms with Crippen LogP contribution in [0.1, 0.15) is 131 Å². The molecule has 278 valence electrons. The maximum Gasteiger partial charge on any atom is 0.411 e. The predicted molar refractivity (Wildman–Crippen MR) is 194 cm³/mol. The molecule has 2 rings (SSSR count). The van der Waals surface area contributed by atoms with Crippen molar-refractivity contribution in [3.63, 3.8) is 0 Å². The van der Waals surface area contributed by atoms with Gasteiger partial charge in [-0.3, -0.25) is 0 Å². The third kappa shape index (κ3) is 23.7. The summed E-state index contributed by atoms with van der Waals surface area (Å²) in [7, 11) is 3.00. The van der Waals surface area contributed by atoms with E-state index in [1.165, 1.54) is 25.7 Å². The summed E-state index contributed by atoms with van der Waals surface area (Å²) in [6.45, 7) is 17.5. The molecule has 0 N–H and O–H groups in total. The summed E-state index contributed by atoms with van der Waals surface area (Å²) in [5, 5.41) is 0. The van der Waals surface area contributed by atoms with Gasteiger partial charge in [0.25, 0.3) is 0 Å². The number of ether oxygens (including phenoxy) is 2. The van der Waals surface area contributed by atoms with Crippen LogP contribution in [0.15, 0.2) is 48.5 Å². The third-order valence-electron chi connectivity index (χ3n) is 4.36. The Hall–Kier alpha value is -2.22. The molecule has 0 saturated heterocycles. The highest BCUT2D eigenvalue weighted by atomic mass is 19.4. The lowest BCUT2D eigenvalue weighted by molar-refractivity contribution is -0.288. The Balaban J connectivity index is -0.0000000630. The molecule has 2 aromatic rings. The van der Waals surface area contributed by atoms with Crippen molar-refractivity contribution in [2.75, 3.05) is 20.8 Å². The van der Waals surface area contributed by atoms with Crippen molar-refractivity contribution in [3.8, 4) is 5.75 Å². The van der Waals surface area contributed by atoms with E-state index in [0.29, 0.717) is 11.5 Å². The van der Waals surface area contributed by atoms with Crippen molar-refractivity contribution in [2.24, 2.45) is 11.8 Å². The van der Waals surface area contributed by atoms with Gasteiger partial charge >= 0.3 is 12.4 Å². The van der Waals surface area contributed by atoms with Gasteiger partial charge in [-0.1, -0.05) is 156 Å². The van der Waals surface area contributed by atoms with Gasteiger partial charge < -0.3 is 9.47 Å². The zero-order valence-corrected chi connectivity index (χ0v) is 23.8. The lowest BCUT2D eigenvalue weighted by Gasteiger charge is -2.38. The number of benzene rings is 2. The fourth-order valence-corrected chi connectivity index (χ4v) is 2.96. The van der Waals surface area contributed by atoms with Crippen LogP contribution < -0.4 is 4.74 Å². The van der Waals surface area contributed by atoms with Crippen molar-refractivity contribution in [1.29, 1.82) is 0 Å². The maximum atomic E-state index is 13.8. The molecular formula is C37H76F6O2. The van der Waals surface area contributed by atoms with Crippen LogP contribution in [0.2, 0.25) is 0 Å². The number of methoxy groups -OCH3 is 2. The van der Waals surface area contributed by atoms with Crippen LogP contribution in [0.25, 0.3) is 0 Å². The molecule has 0 bridgehead atoms. The zero-order chi connectivity index (χ0) is 29.4. The van der Waals surface area contributed by atoms with Gasteiger partial charge in [0, 0.05) is 13.7 Å². The molecule has 0 fully saturated rings. The summed E-state index contributed by atoms with van der Waals surface area (Å²) >= 11 is 0. The molecule has 0 radical (unpaired) electrons. The van der Waals surface area contributed by atoms with Crippen molar-refractivity contribution in [3.05, 3.63) is 65.2 Å². The summed E-state index contributed by atoms with van der Waals surface area (Å²) in [5.74, 6) is 1.68. The first-order valence-corrected chi connectivity index (χ1v) is 12.3. The molecule has 0 amide bonds. The molecule has 0 aliphatic rings. The van der Waals surface area contributed by atoms with Crippen LogP contribution >= 0.6 is 0 Å². The fraction of sp³-hybridized carbons (Fsp3) is 0.676. The van der Waals surface area contributed by atoms with Gasteiger partial charge in [-0.2, -0.15) is 26.3 Å². The van der Waals surface area contributed by atoms with Crippen LogP contribution in [0.3, 0.4) is 0 Å². The molecule has 0 heterocycles. The molecule has 2 aromatic carbocycles. The number of rotatable bonds is 5. The molecule has 8 heteroatoms. The summed E-state index contributed by atoms with van der Waals surface area (Å²) < 4.78 is 92.3. The highest BCUT2D eigenvalue weighted by molar-refractivity contribution is 5.46. The molecule has 0 aliphatic carbocycles. The van der Waals surface area contributed by atoms with Crippen LogP contribution in [-0.2, 0) is 10.2 Å². The van der Waals surface area contributed by atoms with Crippen LogP contribution in [0.4, 0.5) is 26.3 Å². The Bertz CT molecular complexity index is 809. The number of alkyl halides is 6. The summed E-state index contributed by atoms with van der Waals surface area (Å²) in [6, 6.07) is 7.92. The molecule has 0 aliphatic heterocycles. The van der Waals surface area contributed by atoms with E-state index in [-0.39, 0.29) is 65.2 Å². The van der Waals surface area contributed by atoms with E-state index >= 15 is 0 Å². The third-order valence-corrected chi connectivity index (χ3v) is 4.36. The van der Waals surface area contributed by atoms with E-state index in [1.54, 1.807) is 14.0 Å². The SMILES string of the molecule is C.C.C.C.C.C.C.C.CC(C)C.CCC.COCC(C)C.COc1ccc(C(c2ccc(C)cc2)(C(F)(F)F)C(F)(F)F)cc1. The van der Waals surface area contributed by atoms with E-state index in [9.17, 15) is 26.3 Å². The second-order valence-corrected chi connectivity index (χ2v) is 9.63. The first-order valence-electron chi connectivity index (χ1n) is 12.3. The van der Waals surface area contributed by atoms with Gasteiger partial charge in [-0.05, 0) is 42.0 Å². The lowest BCUT2D eigenvalue weighted by Crippen LogP contribution is -2.54. The zero-order valence-electron chi connectivity index (χ0n) is 23.8. The largest absolute Gasteiger partial charge is 0.497 e. The van der Waals surface area contributed by atoms with Gasteiger partial charge in [0.2, 0.25) is 5.41 Å². The summed E-state index contributed by atoms with van der Waals surface area (Å²) in [6.07, 6.45) is -9.90. The van der Waals surface area contributed by atoms with Crippen LogP contribution in [0, 0.1) is 18.8 Å². The second-order valence-electron chi connectivity index (χ2n) is 9.63. The van der Waals surface area contributed by atoms with E-state index in [2.05, 4.69) is 48.5 Å². The Morgan fingerprint density at radius 3 is 1.02 bits per heavy atom. The van der Waals surface area contributed by atoms with Gasteiger partial charge in [0.15, 0.2) is 0 Å². The van der Waals surface area contributed by atoms with Crippen LogP contribution in [0.5, 0.6) is 5.75 Å². The number of aryl methyl sites for hydroxylation is 1. The van der Waals surface area contributed by atoms with E-state index in [4.69, 9.17) is 9.47 Å². The topological polar surface area (TPSA) is 18.5 Å². The Morgan fingerprint density at radius 1 is 0.578 bits per heavy atom. The normalized spacial score (nSPS) is 9.47. The van der Waals surface area contributed by atoms with Gasteiger partial charge in [-0.25, -0.2) is 0 Å². The highest BCUT2D eigenvalue weighted by Gasteiger charge is 2.72. The Morgan fingerprint density at radius 2 is 0.844 bits per heavy atom. The quantitative estimate of drug-likeness (QED) is 0.296. The minimum Gasteiger partial charge on any atom is -0.497 e. The van der Waals surface area contributed by atoms with Crippen molar-refractivity contribution in [1.82, 2.24) is 0 Å². The first-order chi connectivity index (χ1) is 17.0. The summed E-state index contributed by atoms with van der Waals surface area (Å²) in [5.41, 5.74) is -5.34. The lowest BCUT2D eigenvalue weighted by atomic mass is 9.72. The minimum absolute atomic E-state index is 0. The maximum absolute atomic E-state index is 13.8. The minimum atomic E-state index is -5.57. The van der Waals surface area contributed by atoms with Crippen molar-refractivity contribution >= 4 is 0 Å². The van der Waals surface area contributed by atoms with Crippen LogP contribution in [-0.4, -0.2) is 33.2 Å². The molecule has 0 unspecified atom stereocenters. The van der Waals surface area contributed by atoms with E-state index in [0.717, 1.165) is 48.9 Å². The standard InChI is InChI=1S/C17H14F6O.C5H12O.C4H10.C3H8.8CH4/c1-11-3-5-12(6-4-11)15(16(18,19)20,17(21,22)23)13-7-9-14(24-2)10-8-13;1-5(2)4-6-3;1-4(2)3;1-3-2;;;;;;;;/h3-10H,1-2H3;5H,4H2,1-3H3;4H,1-3H3;3H2,1-2H3;8*1H4. The van der Waals surface area contributed by atoms with Crippen molar-refractivity contribution in [2.45, 2.75) is 139 Å².